The molecule has 2 bridgehead atoms. The molecule has 4 heterocycles. The third-order valence-electron chi connectivity index (χ3n) is 5.87. The number of amidine groups is 1. The highest BCUT2D eigenvalue weighted by molar-refractivity contribution is 7.98. The molecule has 0 N–H and O–H groups in total. The lowest BCUT2D eigenvalue weighted by Gasteiger charge is -2.55. The van der Waals surface area contributed by atoms with E-state index in [1.807, 2.05) is 6.07 Å². The first-order chi connectivity index (χ1) is 12.2. The van der Waals surface area contributed by atoms with Crippen LogP contribution in [0.4, 0.5) is 0 Å². The van der Waals surface area contributed by atoms with Crippen molar-refractivity contribution in [2.75, 3.05) is 12.3 Å². The Bertz CT molecular complexity index is 803. The molecule has 0 amide bonds. The minimum absolute atomic E-state index is 0.125. The Balaban J connectivity index is 1.45. The van der Waals surface area contributed by atoms with E-state index < -0.39 is 0 Å². The first-order valence-electron chi connectivity index (χ1n) is 9.07. The van der Waals surface area contributed by atoms with Crippen molar-refractivity contribution in [3.05, 3.63) is 46.8 Å². The van der Waals surface area contributed by atoms with Crippen molar-refractivity contribution in [2.24, 2.45) is 4.40 Å². The van der Waals surface area contributed by atoms with E-state index in [0.29, 0.717) is 0 Å². The largest absolute Gasteiger partial charge is 0.447 e. The minimum Gasteiger partial charge on any atom is -0.447 e. The molecule has 1 saturated carbocycles. The number of rotatable bonds is 3. The van der Waals surface area contributed by atoms with Crippen molar-refractivity contribution >= 4 is 29.1 Å². The first kappa shape index (κ1) is 15.8. The highest BCUT2D eigenvalue weighted by Gasteiger charge is 2.51. The molecule has 6 rings (SSSR count). The Morgan fingerprint density at radius 1 is 1.12 bits per heavy atom. The van der Waals surface area contributed by atoms with Gasteiger partial charge in [0.15, 0.2) is 5.06 Å². The number of hydrogen-bond acceptors (Lipinski definition) is 5. The van der Waals surface area contributed by atoms with Crippen molar-refractivity contribution in [1.29, 1.82) is 0 Å². The second-order valence-corrected chi connectivity index (χ2v) is 9.35. The summed E-state index contributed by atoms with van der Waals surface area (Å²) in [5.74, 6) is 3.39. The van der Waals surface area contributed by atoms with Crippen molar-refractivity contribution in [1.82, 2.24) is 4.90 Å². The predicted octanol–water partition coefficient (Wildman–Crippen LogP) is 5.41. The van der Waals surface area contributed by atoms with Crippen molar-refractivity contribution in [3.8, 4) is 10.8 Å². The van der Waals surface area contributed by atoms with Crippen LogP contribution in [0, 0.1) is 6.92 Å². The lowest BCUT2D eigenvalue weighted by molar-refractivity contribution is 0.153. The van der Waals surface area contributed by atoms with Crippen LogP contribution in [0.1, 0.15) is 36.1 Å². The molecular weight excluding hydrogens is 348 g/mol. The van der Waals surface area contributed by atoms with Crippen LogP contribution in [0.25, 0.3) is 0 Å². The second-order valence-electron chi connectivity index (χ2n) is 7.25. The molecule has 130 valence electrons. The Hall–Kier alpha value is -1.46. The molecule has 0 spiro atoms. The van der Waals surface area contributed by atoms with Gasteiger partial charge in [-0.1, -0.05) is 12.1 Å². The SMILES string of the molecule is Cc1ccc(Oc2ccc(C34CCC(CC3)N3CCSN=C34)cc2)s1. The molecular formula is C20H22N2OS2. The molecule has 0 atom stereocenters. The molecule has 1 aromatic carbocycles. The molecule has 2 saturated heterocycles. The van der Waals surface area contributed by atoms with Crippen LogP contribution in [0.3, 0.4) is 0 Å². The van der Waals surface area contributed by atoms with Crippen molar-refractivity contribution in [2.45, 2.75) is 44.1 Å². The molecule has 5 heteroatoms. The Kier molecular flexibility index (Phi) is 3.82. The topological polar surface area (TPSA) is 24.8 Å². The zero-order chi connectivity index (χ0) is 16.9. The van der Waals surface area contributed by atoms with Gasteiger partial charge in [0.05, 0.1) is 5.41 Å². The Morgan fingerprint density at radius 3 is 2.64 bits per heavy atom. The summed E-state index contributed by atoms with van der Waals surface area (Å²) >= 11 is 3.43. The number of benzene rings is 1. The van der Waals surface area contributed by atoms with Crippen molar-refractivity contribution in [3.63, 3.8) is 0 Å². The summed E-state index contributed by atoms with van der Waals surface area (Å²) in [6, 6.07) is 13.7. The monoisotopic (exact) mass is 370 g/mol. The van der Waals surface area contributed by atoms with E-state index >= 15 is 0 Å². The minimum atomic E-state index is 0.125. The lowest BCUT2D eigenvalue weighted by Crippen LogP contribution is -2.61. The zero-order valence-corrected chi connectivity index (χ0v) is 16.0. The second kappa shape index (κ2) is 6.06. The van der Waals surface area contributed by atoms with Gasteiger partial charge in [-0.05, 0) is 74.4 Å². The molecule has 1 aromatic heterocycles. The number of fused-ring (bicyclic) bond motifs is 2. The lowest BCUT2D eigenvalue weighted by atomic mass is 9.63. The quantitative estimate of drug-likeness (QED) is 0.676. The fourth-order valence-electron chi connectivity index (χ4n) is 4.60. The maximum Gasteiger partial charge on any atom is 0.181 e. The van der Waals surface area contributed by atoms with Gasteiger partial charge >= 0.3 is 0 Å². The number of thiophene rings is 1. The molecule has 3 fully saturated rings. The molecule has 3 nitrogen and oxygen atoms in total. The third kappa shape index (κ3) is 2.59. The standard InChI is InChI=1S/C20H22N2OS2/c1-14-2-7-18(25-14)23-17-5-3-15(4-6-17)20-10-8-16(9-11-20)22-12-13-24-21-19(20)22/h2-7,16H,8-13H2,1H3. The zero-order valence-electron chi connectivity index (χ0n) is 14.4. The van der Waals surface area contributed by atoms with Gasteiger partial charge in [0, 0.05) is 23.2 Å². The van der Waals surface area contributed by atoms with Crippen LogP contribution in [0.5, 0.6) is 10.8 Å². The summed E-state index contributed by atoms with van der Waals surface area (Å²) in [6.45, 7) is 3.27. The van der Waals surface area contributed by atoms with Gasteiger partial charge in [-0.3, -0.25) is 0 Å². The fourth-order valence-corrected chi connectivity index (χ4v) is 6.09. The number of ether oxygens (including phenoxy) is 1. The van der Waals surface area contributed by atoms with Gasteiger partial charge in [0.1, 0.15) is 11.6 Å². The van der Waals surface area contributed by atoms with Gasteiger partial charge in [-0.2, -0.15) is 0 Å². The maximum atomic E-state index is 6.00. The molecule has 3 aliphatic heterocycles. The average molecular weight is 371 g/mol. The first-order valence-corrected chi connectivity index (χ1v) is 10.8. The Morgan fingerprint density at radius 2 is 1.92 bits per heavy atom. The highest BCUT2D eigenvalue weighted by atomic mass is 32.2. The number of nitrogens with zero attached hydrogens (tertiary/aromatic N) is 2. The van der Waals surface area contributed by atoms with Crippen LogP contribution in [-0.2, 0) is 5.41 Å². The smallest absolute Gasteiger partial charge is 0.181 e. The van der Waals surface area contributed by atoms with E-state index in [4.69, 9.17) is 9.13 Å². The number of piperidine rings is 2. The van der Waals surface area contributed by atoms with Gasteiger partial charge in [-0.15, -0.1) is 11.3 Å². The van der Waals surface area contributed by atoms with E-state index in [9.17, 15) is 0 Å². The highest BCUT2D eigenvalue weighted by Crippen LogP contribution is 2.49. The summed E-state index contributed by atoms with van der Waals surface area (Å²) in [4.78, 5) is 3.87. The van der Waals surface area contributed by atoms with Gasteiger partial charge in [-0.25, -0.2) is 4.40 Å². The van der Waals surface area contributed by atoms with Crippen LogP contribution in [-0.4, -0.2) is 29.1 Å². The fraction of sp³-hybridized carbons (Fsp3) is 0.450. The molecule has 0 unspecified atom stereocenters. The van der Waals surface area contributed by atoms with Crippen LogP contribution >= 0.6 is 23.3 Å². The van der Waals surface area contributed by atoms with Gasteiger partial charge < -0.3 is 9.64 Å². The predicted molar refractivity (Wildman–Crippen MR) is 106 cm³/mol. The van der Waals surface area contributed by atoms with Crippen molar-refractivity contribution < 1.29 is 4.74 Å². The van der Waals surface area contributed by atoms with Crippen LogP contribution in [0.15, 0.2) is 40.8 Å². The Labute approximate surface area is 157 Å². The van der Waals surface area contributed by atoms with E-state index in [1.54, 1.807) is 23.3 Å². The summed E-state index contributed by atoms with van der Waals surface area (Å²) < 4.78 is 10.9. The van der Waals surface area contributed by atoms with Crippen LogP contribution in [0.2, 0.25) is 0 Å². The summed E-state index contributed by atoms with van der Waals surface area (Å²) in [6.07, 6.45) is 5.07. The maximum absolute atomic E-state index is 6.00. The van der Waals surface area contributed by atoms with Gasteiger partial charge in [0.25, 0.3) is 0 Å². The van der Waals surface area contributed by atoms with Gasteiger partial charge in [0.2, 0.25) is 0 Å². The third-order valence-corrected chi connectivity index (χ3v) is 7.41. The molecule has 4 aliphatic rings. The molecule has 25 heavy (non-hydrogen) atoms. The van der Waals surface area contributed by atoms with E-state index in [1.165, 1.54) is 42.0 Å². The van der Waals surface area contributed by atoms with Crippen LogP contribution < -0.4 is 4.74 Å². The molecule has 2 aromatic rings. The average Bonchev–Trinajstić information content (AvgIpc) is 3.08. The van der Waals surface area contributed by atoms with E-state index in [0.717, 1.165) is 29.2 Å². The summed E-state index contributed by atoms with van der Waals surface area (Å²) in [7, 11) is 0. The van der Waals surface area contributed by atoms with E-state index in [-0.39, 0.29) is 5.41 Å². The number of hydrogen-bond donors (Lipinski definition) is 0. The molecule has 1 aliphatic carbocycles. The molecule has 0 radical (unpaired) electrons. The van der Waals surface area contributed by atoms with E-state index in [2.05, 4.69) is 42.2 Å². The number of aryl methyl sites for hydroxylation is 1. The summed E-state index contributed by atoms with van der Waals surface area (Å²) in [5, 5.41) is 0.959. The summed E-state index contributed by atoms with van der Waals surface area (Å²) in [5.41, 5.74) is 1.53. The normalized spacial score (nSPS) is 27.8.